The van der Waals surface area contributed by atoms with Crippen molar-refractivity contribution in [1.29, 1.82) is 0 Å². The largest absolute Gasteiger partial charge is 0.352 e. The van der Waals surface area contributed by atoms with Gasteiger partial charge in [0.1, 0.15) is 12.6 Å². The molecule has 196 valence electrons. The minimum absolute atomic E-state index is 0.115. The van der Waals surface area contributed by atoms with Crippen molar-refractivity contribution in [2.24, 2.45) is 0 Å². The van der Waals surface area contributed by atoms with Gasteiger partial charge in [-0.15, -0.1) is 0 Å². The first-order valence-corrected chi connectivity index (χ1v) is 14.0. The van der Waals surface area contributed by atoms with Crippen LogP contribution in [0.2, 0.25) is 0 Å². The van der Waals surface area contributed by atoms with Crippen LogP contribution in [0.3, 0.4) is 0 Å². The van der Waals surface area contributed by atoms with E-state index in [2.05, 4.69) is 5.32 Å². The first-order valence-electron chi connectivity index (χ1n) is 12.6. The van der Waals surface area contributed by atoms with Crippen LogP contribution in [0.5, 0.6) is 0 Å². The van der Waals surface area contributed by atoms with E-state index in [1.54, 1.807) is 30.3 Å². The van der Waals surface area contributed by atoms with Crippen LogP contribution in [0.25, 0.3) is 0 Å². The number of anilines is 1. The van der Waals surface area contributed by atoms with E-state index >= 15 is 0 Å². The SMILES string of the molecule is CC[C@H](C(=O)NC1CCCCC1)N(Cc1ccccc1)C(=O)CN(c1ccccc1)S(=O)(=O)N(C)C. The molecule has 2 aromatic rings. The van der Waals surface area contributed by atoms with Gasteiger partial charge in [-0.05, 0) is 37.0 Å². The van der Waals surface area contributed by atoms with Gasteiger partial charge < -0.3 is 10.2 Å². The van der Waals surface area contributed by atoms with Crippen molar-refractivity contribution in [3.63, 3.8) is 0 Å². The molecule has 1 aliphatic rings. The van der Waals surface area contributed by atoms with E-state index in [4.69, 9.17) is 0 Å². The van der Waals surface area contributed by atoms with Gasteiger partial charge in [0.05, 0.1) is 5.69 Å². The first-order chi connectivity index (χ1) is 17.2. The van der Waals surface area contributed by atoms with Gasteiger partial charge in [0.2, 0.25) is 11.8 Å². The summed E-state index contributed by atoms with van der Waals surface area (Å²) in [5.74, 6) is -0.616. The molecule has 1 N–H and O–H groups in total. The molecule has 9 heteroatoms. The maximum atomic E-state index is 13.8. The lowest BCUT2D eigenvalue weighted by Gasteiger charge is -2.35. The molecule has 1 fully saturated rings. The average Bonchev–Trinajstić information content (AvgIpc) is 2.88. The predicted octanol–water partition coefficient (Wildman–Crippen LogP) is 3.56. The highest BCUT2D eigenvalue weighted by atomic mass is 32.2. The van der Waals surface area contributed by atoms with Gasteiger partial charge in [-0.25, -0.2) is 4.31 Å². The molecule has 0 heterocycles. The van der Waals surface area contributed by atoms with Crippen LogP contribution in [0.4, 0.5) is 5.69 Å². The molecule has 0 aliphatic heterocycles. The molecule has 0 spiro atoms. The summed E-state index contributed by atoms with van der Waals surface area (Å²) in [4.78, 5) is 28.7. The number of hydrogen-bond donors (Lipinski definition) is 1. The highest BCUT2D eigenvalue weighted by Crippen LogP contribution is 2.22. The Morgan fingerprint density at radius 3 is 2.08 bits per heavy atom. The lowest BCUT2D eigenvalue weighted by Crippen LogP contribution is -2.54. The second-order valence-electron chi connectivity index (χ2n) is 9.41. The van der Waals surface area contributed by atoms with Crippen molar-refractivity contribution in [1.82, 2.24) is 14.5 Å². The van der Waals surface area contributed by atoms with Crippen LogP contribution in [-0.2, 0) is 26.3 Å². The summed E-state index contributed by atoms with van der Waals surface area (Å²) in [7, 11) is -1.08. The molecule has 2 aromatic carbocycles. The number of benzene rings is 2. The summed E-state index contributed by atoms with van der Waals surface area (Å²) in [6.45, 7) is 1.67. The third-order valence-electron chi connectivity index (χ3n) is 6.60. The molecule has 1 atom stereocenters. The van der Waals surface area contributed by atoms with Crippen molar-refractivity contribution in [3.05, 3.63) is 66.2 Å². The summed E-state index contributed by atoms with van der Waals surface area (Å²) in [6, 6.07) is 17.4. The summed E-state index contributed by atoms with van der Waals surface area (Å²) in [5, 5.41) is 3.15. The number of carbonyl (C=O) groups is 2. The van der Waals surface area contributed by atoms with E-state index in [1.165, 1.54) is 25.4 Å². The molecule has 2 amide bonds. The standard InChI is InChI=1S/C27H38N4O4S/c1-4-25(27(33)28-23-16-10-6-11-17-23)30(20-22-14-8-5-9-15-22)26(32)21-31(36(34,35)29(2)3)24-18-12-7-13-19-24/h5,7-9,12-15,18-19,23,25H,4,6,10-11,16-17,20-21H2,1-3H3,(H,28,33)/t25-/m1/s1. The Morgan fingerprint density at radius 1 is 0.944 bits per heavy atom. The Labute approximate surface area is 215 Å². The fourth-order valence-corrected chi connectivity index (χ4v) is 5.61. The minimum Gasteiger partial charge on any atom is -0.352 e. The van der Waals surface area contributed by atoms with Crippen LogP contribution in [0, 0.1) is 0 Å². The Bertz CT molecular complexity index is 1090. The van der Waals surface area contributed by atoms with Crippen LogP contribution in [0.1, 0.15) is 51.0 Å². The zero-order valence-corrected chi connectivity index (χ0v) is 22.3. The summed E-state index contributed by atoms with van der Waals surface area (Å²) in [5.41, 5.74) is 1.26. The third-order valence-corrected chi connectivity index (χ3v) is 8.42. The number of nitrogens with one attached hydrogen (secondary N) is 1. The van der Waals surface area contributed by atoms with Crippen LogP contribution >= 0.6 is 0 Å². The zero-order valence-electron chi connectivity index (χ0n) is 21.5. The molecule has 0 aromatic heterocycles. The Balaban J connectivity index is 1.91. The minimum atomic E-state index is -3.95. The maximum Gasteiger partial charge on any atom is 0.304 e. The molecule has 0 bridgehead atoms. The molecule has 1 aliphatic carbocycles. The van der Waals surface area contributed by atoms with E-state index in [0.717, 1.165) is 39.9 Å². The van der Waals surface area contributed by atoms with Gasteiger partial charge >= 0.3 is 10.2 Å². The summed E-state index contributed by atoms with van der Waals surface area (Å²) >= 11 is 0. The van der Waals surface area contributed by atoms with E-state index in [1.807, 2.05) is 37.3 Å². The fraction of sp³-hybridized carbons (Fsp3) is 0.481. The van der Waals surface area contributed by atoms with Crippen molar-refractivity contribution < 1.29 is 18.0 Å². The van der Waals surface area contributed by atoms with E-state index in [0.29, 0.717) is 12.1 Å². The zero-order chi connectivity index (χ0) is 26.1. The molecular formula is C27H38N4O4S. The van der Waals surface area contributed by atoms with Crippen molar-refractivity contribution in [2.75, 3.05) is 24.9 Å². The van der Waals surface area contributed by atoms with Crippen molar-refractivity contribution >= 4 is 27.7 Å². The molecule has 0 saturated heterocycles. The van der Waals surface area contributed by atoms with Gasteiger partial charge in [-0.3, -0.25) is 9.59 Å². The van der Waals surface area contributed by atoms with E-state index < -0.39 is 28.7 Å². The van der Waals surface area contributed by atoms with Gasteiger partial charge in [-0.2, -0.15) is 12.7 Å². The lowest BCUT2D eigenvalue weighted by atomic mass is 9.95. The lowest BCUT2D eigenvalue weighted by molar-refractivity contribution is -0.140. The number of rotatable bonds is 11. The van der Waals surface area contributed by atoms with Gasteiger partial charge in [0.25, 0.3) is 0 Å². The van der Waals surface area contributed by atoms with Crippen LogP contribution < -0.4 is 9.62 Å². The summed E-state index contributed by atoms with van der Waals surface area (Å²) < 4.78 is 28.6. The molecule has 36 heavy (non-hydrogen) atoms. The number of nitrogens with zero attached hydrogens (tertiary/aromatic N) is 3. The number of hydrogen-bond acceptors (Lipinski definition) is 4. The second kappa shape index (κ2) is 12.9. The third kappa shape index (κ3) is 7.07. The van der Waals surface area contributed by atoms with Crippen molar-refractivity contribution in [3.8, 4) is 0 Å². The molecule has 1 saturated carbocycles. The smallest absolute Gasteiger partial charge is 0.304 e. The number of amides is 2. The average molecular weight is 515 g/mol. The van der Waals surface area contributed by atoms with Crippen LogP contribution in [0.15, 0.2) is 60.7 Å². The van der Waals surface area contributed by atoms with Gasteiger partial charge in [0.15, 0.2) is 0 Å². The Hall–Kier alpha value is -2.91. The molecule has 0 radical (unpaired) electrons. The normalized spacial score (nSPS) is 15.3. The van der Waals surface area contributed by atoms with Gasteiger partial charge in [0, 0.05) is 26.7 Å². The van der Waals surface area contributed by atoms with Crippen molar-refractivity contribution in [2.45, 2.75) is 64.1 Å². The number of carbonyl (C=O) groups excluding carboxylic acids is 2. The second-order valence-corrected chi connectivity index (χ2v) is 11.5. The summed E-state index contributed by atoms with van der Waals surface area (Å²) in [6.07, 6.45) is 5.65. The fourth-order valence-electron chi connectivity index (χ4n) is 4.56. The monoisotopic (exact) mass is 514 g/mol. The maximum absolute atomic E-state index is 13.8. The Morgan fingerprint density at radius 2 is 1.53 bits per heavy atom. The highest BCUT2D eigenvalue weighted by molar-refractivity contribution is 7.90. The predicted molar refractivity (Wildman–Crippen MR) is 142 cm³/mol. The van der Waals surface area contributed by atoms with Gasteiger partial charge in [-0.1, -0.05) is 74.7 Å². The topological polar surface area (TPSA) is 90.0 Å². The number of para-hydroxylation sites is 1. The molecular weight excluding hydrogens is 476 g/mol. The Kier molecular flexibility index (Phi) is 9.89. The van der Waals surface area contributed by atoms with E-state index in [9.17, 15) is 18.0 Å². The van der Waals surface area contributed by atoms with E-state index in [-0.39, 0.29) is 18.5 Å². The first kappa shape index (κ1) is 27.7. The molecule has 8 nitrogen and oxygen atoms in total. The van der Waals surface area contributed by atoms with Crippen LogP contribution in [-0.4, -0.2) is 62.2 Å². The molecule has 0 unspecified atom stereocenters. The highest BCUT2D eigenvalue weighted by Gasteiger charge is 2.34. The molecule has 3 rings (SSSR count). The quantitative estimate of drug-likeness (QED) is 0.497.